The van der Waals surface area contributed by atoms with Crippen LogP contribution in [0.25, 0.3) is 0 Å². The molecule has 0 amide bonds. The molecule has 0 saturated carbocycles. The van der Waals surface area contributed by atoms with E-state index in [1.807, 2.05) is 31.3 Å². The molecule has 1 rings (SSSR count). The van der Waals surface area contributed by atoms with Crippen LogP contribution in [0.4, 0.5) is 0 Å². The molecule has 1 unspecified atom stereocenters. The largest absolute Gasteiger partial charge is 0.383 e. The van der Waals surface area contributed by atoms with Crippen molar-refractivity contribution in [2.75, 3.05) is 33.9 Å². The van der Waals surface area contributed by atoms with Crippen LogP contribution < -0.4 is 0 Å². The van der Waals surface area contributed by atoms with Gasteiger partial charge in [0.1, 0.15) is 0 Å². The van der Waals surface area contributed by atoms with Crippen molar-refractivity contribution in [2.24, 2.45) is 0 Å². The zero-order valence-electron chi connectivity index (χ0n) is 9.62. The lowest BCUT2D eigenvalue weighted by molar-refractivity contribution is 0.161. The van der Waals surface area contributed by atoms with Crippen molar-refractivity contribution in [3.8, 4) is 0 Å². The smallest absolute Gasteiger partial charge is 0.0712 e. The normalized spacial score (nSPS) is 13.1. The van der Waals surface area contributed by atoms with E-state index in [9.17, 15) is 0 Å². The second-order valence-electron chi connectivity index (χ2n) is 3.78. The van der Waals surface area contributed by atoms with Crippen molar-refractivity contribution in [2.45, 2.75) is 5.38 Å². The van der Waals surface area contributed by atoms with E-state index in [4.69, 9.17) is 27.9 Å². The Morgan fingerprint density at radius 2 is 2.19 bits per heavy atom. The first-order valence-corrected chi connectivity index (χ1v) is 6.02. The Balaban J connectivity index is 2.48. The summed E-state index contributed by atoms with van der Waals surface area (Å²) in [5, 5.41) is 0.684. The highest BCUT2D eigenvalue weighted by Gasteiger charge is 2.10. The first-order chi connectivity index (χ1) is 7.63. The Kier molecular flexibility index (Phi) is 6.14. The van der Waals surface area contributed by atoms with Crippen molar-refractivity contribution < 1.29 is 4.74 Å². The summed E-state index contributed by atoms with van der Waals surface area (Å²) in [6.07, 6.45) is 0. The molecule has 1 atom stereocenters. The minimum atomic E-state index is -0.0412. The number of halogens is 2. The van der Waals surface area contributed by atoms with E-state index in [1.165, 1.54) is 0 Å². The summed E-state index contributed by atoms with van der Waals surface area (Å²) < 4.78 is 5.01. The van der Waals surface area contributed by atoms with Crippen LogP contribution in [0, 0.1) is 0 Å². The molecule has 0 bridgehead atoms. The summed E-state index contributed by atoms with van der Waals surface area (Å²) in [5.41, 5.74) is 1.05. The van der Waals surface area contributed by atoms with Gasteiger partial charge >= 0.3 is 0 Å². The van der Waals surface area contributed by atoms with Crippen LogP contribution in [0.1, 0.15) is 10.9 Å². The molecule has 2 nitrogen and oxygen atoms in total. The molecule has 4 heteroatoms. The fourth-order valence-corrected chi connectivity index (χ4v) is 1.99. The maximum atomic E-state index is 6.31. The standard InChI is InChI=1S/C12H17Cl2NO/c1-15(6-7-16-2)9-12(14)10-4-3-5-11(13)8-10/h3-5,8,12H,6-7,9H2,1-2H3. The summed E-state index contributed by atoms with van der Waals surface area (Å²) in [5.74, 6) is 0. The van der Waals surface area contributed by atoms with Crippen LogP contribution in [-0.4, -0.2) is 38.8 Å². The fraction of sp³-hybridized carbons (Fsp3) is 0.500. The number of benzene rings is 1. The third-order valence-electron chi connectivity index (χ3n) is 2.36. The number of alkyl halides is 1. The Hall–Kier alpha value is -0.280. The minimum Gasteiger partial charge on any atom is -0.383 e. The molecule has 0 radical (unpaired) electrons. The summed E-state index contributed by atoms with van der Waals surface area (Å²) >= 11 is 12.2. The quantitative estimate of drug-likeness (QED) is 0.730. The Morgan fingerprint density at radius 3 is 2.81 bits per heavy atom. The number of rotatable bonds is 6. The molecule has 0 fully saturated rings. The molecule has 1 aromatic carbocycles. The third kappa shape index (κ3) is 4.71. The third-order valence-corrected chi connectivity index (χ3v) is 2.98. The van der Waals surface area contributed by atoms with Gasteiger partial charge in [-0.2, -0.15) is 0 Å². The molecule has 1 aromatic rings. The molecule has 90 valence electrons. The predicted octanol–water partition coefficient (Wildman–Crippen LogP) is 3.20. The van der Waals surface area contributed by atoms with E-state index in [0.29, 0.717) is 0 Å². The van der Waals surface area contributed by atoms with Crippen molar-refractivity contribution in [1.29, 1.82) is 0 Å². The zero-order chi connectivity index (χ0) is 12.0. The van der Waals surface area contributed by atoms with Gasteiger partial charge in [0.2, 0.25) is 0 Å². The van der Waals surface area contributed by atoms with Gasteiger partial charge in [-0.25, -0.2) is 0 Å². The maximum Gasteiger partial charge on any atom is 0.0712 e. The molecule has 0 N–H and O–H groups in total. The topological polar surface area (TPSA) is 12.5 Å². The van der Waals surface area contributed by atoms with Gasteiger partial charge in [0, 0.05) is 25.2 Å². The molecule has 0 aromatic heterocycles. The highest BCUT2D eigenvalue weighted by Crippen LogP contribution is 2.23. The van der Waals surface area contributed by atoms with E-state index < -0.39 is 0 Å². The van der Waals surface area contributed by atoms with Crippen molar-refractivity contribution in [1.82, 2.24) is 4.90 Å². The van der Waals surface area contributed by atoms with Crippen molar-refractivity contribution in [3.63, 3.8) is 0 Å². The van der Waals surface area contributed by atoms with E-state index in [2.05, 4.69) is 4.90 Å². The van der Waals surface area contributed by atoms with Gasteiger partial charge in [0.15, 0.2) is 0 Å². The number of likely N-dealkylation sites (N-methyl/N-ethyl adjacent to an activating group) is 1. The lowest BCUT2D eigenvalue weighted by Gasteiger charge is -2.19. The number of nitrogens with zero attached hydrogens (tertiary/aromatic N) is 1. The van der Waals surface area contributed by atoms with Gasteiger partial charge in [-0.1, -0.05) is 23.7 Å². The summed E-state index contributed by atoms with van der Waals surface area (Å²) in [6, 6.07) is 7.67. The second kappa shape index (κ2) is 7.13. The van der Waals surface area contributed by atoms with Crippen LogP contribution in [0.2, 0.25) is 5.02 Å². The number of ether oxygens (including phenoxy) is 1. The maximum absolute atomic E-state index is 6.31. The van der Waals surface area contributed by atoms with E-state index in [-0.39, 0.29) is 5.38 Å². The highest BCUT2D eigenvalue weighted by atomic mass is 35.5. The monoisotopic (exact) mass is 261 g/mol. The van der Waals surface area contributed by atoms with Gasteiger partial charge in [-0.05, 0) is 24.7 Å². The van der Waals surface area contributed by atoms with Crippen LogP contribution in [-0.2, 0) is 4.74 Å². The molecular formula is C12H17Cl2NO. The Labute approximate surface area is 107 Å². The molecule has 0 saturated heterocycles. The van der Waals surface area contributed by atoms with Crippen LogP contribution in [0.15, 0.2) is 24.3 Å². The van der Waals surface area contributed by atoms with Gasteiger partial charge in [0.25, 0.3) is 0 Å². The molecule has 0 aliphatic rings. The lowest BCUT2D eigenvalue weighted by atomic mass is 10.1. The summed E-state index contributed by atoms with van der Waals surface area (Å²) in [6.45, 7) is 2.38. The SMILES string of the molecule is COCCN(C)CC(Cl)c1cccc(Cl)c1. The average molecular weight is 262 g/mol. The predicted molar refractivity (Wildman–Crippen MR) is 69.4 cm³/mol. The molecule has 0 heterocycles. The molecule has 0 spiro atoms. The van der Waals surface area contributed by atoms with E-state index >= 15 is 0 Å². The molecule has 0 aliphatic carbocycles. The molecule has 16 heavy (non-hydrogen) atoms. The van der Waals surface area contributed by atoms with Crippen molar-refractivity contribution in [3.05, 3.63) is 34.9 Å². The summed E-state index contributed by atoms with van der Waals surface area (Å²) in [7, 11) is 3.72. The number of hydrogen-bond acceptors (Lipinski definition) is 2. The lowest BCUT2D eigenvalue weighted by Crippen LogP contribution is -2.26. The van der Waals surface area contributed by atoms with Crippen LogP contribution in [0.3, 0.4) is 0 Å². The van der Waals surface area contributed by atoms with Gasteiger partial charge in [-0.3, -0.25) is 0 Å². The summed E-state index contributed by atoms with van der Waals surface area (Å²) in [4.78, 5) is 2.14. The fourth-order valence-electron chi connectivity index (χ4n) is 1.42. The molecule has 0 aliphatic heterocycles. The van der Waals surface area contributed by atoms with Gasteiger partial charge in [0.05, 0.1) is 12.0 Å². The van der Waals surface area contributed by atoms with Gasteiger partial charge in [-0.15, -0.1) is 11.6 Å². The van der Waals surface area contributed by atoms with Crippen molar-refractivity contribution >= 4 is 23.2 Å². The minimum absolute atomic E-state index is 0.0412. The highest BCUT2D eigenvalue weighted by molar-refractivity contribution is 6.30. The number of hydrogen-bond donors (Lipinski definition) is 0. The van der Waals surface area contributed by atoms with Crippen LogP contribution in [0.5, 0.6) is 0 Å². The zero-order valence-corrected chi connectivity index (χ0v) is 11.1. The van der Waals surface area contributed by atoms with Crippen LogP contribution >= 0.6 is 23.2 Å². The number of methoxy groups -OCH3 is 1. The second-order valence-corrected chi connectivity index (χ2v) is 4.74. The van der Waals surface area contributed by atoms with E-state index in [0.717, 1.165) is 30.3 Å². The average Bonchev–Trinajstić information content (AvgIpc) is 2.26. The Morgan fingerprint density at radius 1 is 1.44 bits per heavy atom. The first kappa shape index (κ1) is 13.8. The van der Waals surface area contributed by atoms with Gasteiger partial charge < -0.3 is 9.64 Å². The van der Waals surface area contributed by atoms with E-state index in [1.54, 1.807) is 7.11 Å². The Bertz CT molecular complexity index is 320. The molecular weight excluding hydrogens is 245 g/mol. The first-order valence-electron chi connectivity index (χ1n) is 5.20.